The highest BCUT2D eigenvalue weighted by atomic mass is 16.6. The Morgan fingerprint density at radius 2 is 1.76 bits per heavy atom. The van der Waals surface area contributed by atoms with Gasteiger partial charge in [-0.1, -0.05) is 18.2 Å². The molecule has 1 aliphatic carbocycles. The summed E-state index contributed by atoms with van der Waals surface area (Å²) in [7, 11) is 0. The number of nitro benzene ring substituents is 1. The highest BCUT2D eigenvalue weighted by Crippen LogP contribution is 2.43. The van der Waals surface area contributed by atoms with Gasteiger partial charge in [-0.05, 0) is 42.5 Å². The van der Waals surface area contributed by atoms with Gasteiger partial charge in [-0.3, -0.25) is 14.9 Å². The smallest absolute Gasteiger partial charge is 0.269 e. The molecular weight excluding hydrogens is 268 g/mol. The third-order valence-electron chi connectivity index (χ3n) is 3.57. The molecule has 5 heteroatoms. The van der Waals surface area contributed by atoms with Crippen molar-refractivity contribution in [2.75, 3.05) is 5.32 Å². The molecule has 2 aromatic carbocycles. The zero-order chi connectivity index (χ0) is 14.8. The number of nitrogens with zero attached hydrogens (tertiary/aromatic N) is 1. The highest BCUT2D eigenvalue weighted by molar-refractivity contribution is 6.04. The van der Waals surface area contributed by atoms with E-state index in [1.165, 1.54) is 24.3 Å². The average Bonchev–Trinajstić information content (AvgIpc) is 3.32. The number of amides is 1. The zero-order valence-corrected chi connectivity index (χ0v) is 11.3. The van der Waals surface area contributed by atoms with Gasteiger partial charge in [0.1, 0.15) is 0 Å². The summed E-state index contributed by atoms with van der Waals surface area (Å²) in [6.45, 7) is 0. The summed E-state index contributed by atoms with van der Waals surface area (Å²) in [5.74, 6) is 0.288. The molecule has 0 spiro atoms. The fraction of sp³-hybridized carbons (Fsp3) is 0.188. The molecular formula is C16H14N2O3. The van der Waals surface area contributed by atoms with Gasteiger partial charge >= 0.3 is 0 Å². The van der Waals surface area contributed by atoms with Gasteiger partial charge in [0.05, 0.1) is 4.92 Å². The number of non-ortho nitro benzene ring substituents is 1. The lowest BCUT2D eigenvalue weighted by molar-refractivity contribution is -0.384. The fourth-order valence-electron chi connectivity index (χ4n) is 2.29. The number of nitrogens with one attached hydrogen (secondary N) is 1. The van der Waals surface area contributed by atoms with Crippen molar-refractivity contribution in [3.05, 3.63) is 69.8 Å². The minimum Gasteiger partial charge on any atom is -0.322 e. The van der Waals surface area contributed by atoms with Gasteiger partial charge in [0.15, 0.2) is 0 Å². The van der Waals surface area contributed by atoms with E-state index < -0.39 is 4.92 Å². The van der Waals surface area contributed by atoms with Crippen LogP contribution in [0.2, 0.25) is 0 Å². The lowest BCUT2D eigenvalue weighted by Crippen LogP contribution is -2.13. The Morgan fingerprint density at radius 3 is 2.38 bits per heavy atom. The van der Waals surface area contributed by atoms with Crippen LogP contribution in [0.1, 0.15) is 34.7 Å². The number of para-hydroxylation sites is 1. The maximum absolute atomic E-state index is 12.2. The van der Waals surface area contributed by atoms with Gasteiger partial charge in [-0.25, -0.2) is 0 Å². The molecule has 0 aliphatic heterocycles. The Balaban J connectivity index is 1.78. The van der Waals surface area contributed by atoms with Crippen LogP contribution in [0.15, 0.2) is 48.5 Å². The number of rotatable bonds is 4. The summed E-state index contributed by atoms with van der Waals surface area (Å²) in [5.41, 5.74) is 2.37. The van der Waals surface area contributed by atoms with Gasteiger partial charge in [0.2, 0.25) is 0 Å². The lowest BCUT2D eigenvalue weighted by atomic mass is 10.1. The minimum absolute atomic E-state index is 0.0232. The number of carbonyl (C=O) groups is 1. The molecule has 0 atom stereocenters. The zero-order valence-electron chi connectivity index (χ0n) is 11.3. The first-order valence-corrected chi connectivity index (χ1v) is 6.80. The molecule has 2 aromatic rings. The summed E-state index contributed by atoms with van der Waals surface area (Å²) >= 11 is 0. The van der Waals surface area contributed by atoms with Crippen molar-refractivity contribution in [1.29, 1.82) is 0 Å². The number of nitro groups is 1. The first kappa shape index (κ1) is 13.3. The quantitative estimate of drug-likeness (QED) is 0.686. The summed E-state index contributed by atoms with van der Waals surface area (Å²) in [6.07, 6.45) is 2.31. The van der Waals surface area contributed by atoms with Crippen LogP contribution < -0.4 is 5.32 Å². The molecule has 0 bridgehead atoms. The largest absolute Gasteiger partial charge is 0.322 e. The van der Waals surface area contributed by atoms with Gasteiger partial charge in [0, 0.05) is 23.4 Å². The lowest BCUT2D eigenvalue weighted by Gasteiger charge is -2.10. The molecule has 0 heterocycles. The van der Waals surface area contributed by atoms with E-state index >= 15 is 0 Å². The number of hydrogen-bond donors (Lipinski definition) is 1. The van der Waals surface area contributed by atoms with E-state index in [1.807, 2.05) is 24.3 Å². The SMILES string of the molecule is O=C(Nc1ccccc1C1CC1)c1ccc([N+](=O)[O-])cc1. The van der Waals surface area contributed by atoms with Crippen molar-refractivity contribution in [3.8, 4) is 0 Å². The van der Waals surface area contributed by atoms with Crippen LogP contribution in [0.5, 0.6) is 0 Å². The predicted molar refractivity (Wildman–Crippen MR) is 79.5 cm³/mol. The van der Waals surface area contributed by atoms with Crippen LogP contribution in [0, 0.1) is 10.1 Å². The first-order chi connectivity index (χ1) is 10.1. The second kappa shape index (κ2) is 5.36. The molecule has 1 saturated carbocycles. The summed E-state index contributed by atoms with van der Waals surface area (Å²) in [4.78, 5) is 22.3. The van der Waals surface area contributed by atoms with Crippen LogP contribution in [-0.2, 0) is 0 Å². The highest BCUT2D eigenvalue weighted by Gasteiger charge is 2.26. The monoisotopic (exact) mass is 282 g/mol. The molecule has 0 saturated heterocycles. The Labute approximate surface area is 121 Å². The normalized spacial score (nSPS) is 13.7. The van der Waals surface area contributed by atoms with E-state index in [9.17, 15) is 14.9 Å². The van der Waals surface area contributed by atoms with Gasteiger partial charge in [-0.2, -0.15) is 0 Å². The first-order valence-electron chi connectivity index (χ1n) is 6.80. The van der Waals surface area contributed by atoms with E-state index in [0.29, 0.717) is 11.5 Å². The minimum atomic E-state index is -0.482. The Hall–Kier alpha value is -2.69. The van der Waals surface area contributed by atoms with Crippen molar-refractivity contribution in [2.24, 2.45) is 0 Å². The Kier molecular flexibility index (Phi) is 3.39. The third-order valence-corrected chi connectivity index (χ3v) is 3.57. The standard InChI is InChI=1S/C16H14N2O3/c19-16(12-7-9-13(10-8-12)18(20)21)17-15-4-2-1-3-14(15)11-5-6-11/h1-4,7-11H,5-6H2,(H,17,19). The molecule has 1 N–H and O–H groups in total. The van der Waals surface area contributed by atoms with Crippen LogP contribution in [0.4, 0.5) is 11.4 Å². The maximum atomic E-state index is 12.2. The van der Waals surface area contributed by atoms with Crippen LogP contribution in [0.3, 0.4) is 0 Å². The summed E-state index contributed by atoms with van der Waals surface area (Å²) < 4.78 is 0. The topological polar surface area (TPSA) is 72.2 Å². The summed E-state index contributed by atoms with van der Waals surface area (Å²) in [5, 5.41) is 13.5. The molecule has 5 nitrogen and oxygen atoms in total. The molecule has 21 heavy (non-hydrogen) atoms. The van der Waals surface area contributed by atoms with E-state index in [1.54, 1.807) is 0 Å². The van der Waals surface area contributed by atoms with Gasteiger partial charge in [-0.15, -0.1) is 0 Å². The molecule has 0 aromatic heterocycles. The third kappa shape index (κ3) is 2.91. The number of benzene rings is 2. The Bertz CT molecular complexity index is 691. The van der Waals surface area contributed by atoms with E-state index in [-0.39, 0.29) is 11.6 Å². The van der Waals surface area contributed by atoms with E-state index in [4.69, 9.17) is 0 Å². The van der Waals surface area contributed by atoms with Gasteiger partial charge in [0.25, 0.3) is 11.6 Å². The van der Waals surface area contributed by atoms with Crippen molar-refractivity contribution >= 4 is 17.3 Å². The van der Waals surface area contributed by atoms with Crippen LogP contribution >= 0.6 is 0 Å². The molecule has 0 unspecified atom stereocenters. The summed E-state index contributed by atoms with van der Waals surface area (Å²) in [6, 6.07) is 13.4. The fourth-order valence-corrected chi connectivity index (χ4v) is 2.29. The number of hydrogen-bond acceptors (Lipinski definition) is 3. The van der Waals surface area contributed by atoms with Crippen molar-refractivity contribution in [2.45, 2.75) is 18.8 Å². The molecule has 1 amide bonds. The molecule has 3 rings (SSSR count). The number of carbonyl (C=O) groups excluding carboxylic acids is 1. The Morgan fingerprint density at radius 1 is 1.10 bits per heavy atom. The van der Waals surface area contributed by atoms with Gasteiger partial charge < -0.3 is 5.32 Å². The van der Waals surface area contributed by atoms with E-state index in [0.717, 1.165) is 24.1 Å². The average molecular weight is 282 g/mol. The van der Waals surface area contributed by atoms with Crippen molar-refractivity contribution in [1.82, 2.24) is 0 Å². The second-order valence-electron chi connectivity index (χ2n) is 5.12. The predicted octanol–water partition coefficient (Wildman–Crippen LogP) is 3.72. The van der Waals surface area contributed by atoms with Crippen LogP contribution in [-0.4, -0.2) is 10.8 Å². The van der Waals surface area contributed by atoms with Crippen LogP contribution in [0.25, 0.3) is 0 Å². The van der Waals surface area contributed by atoms with Crippen molar-refractivity contribution in [3.63, 3.8) is 0 Å². The molecule has 1 fully saturated rings. The number of anilines is 1. The van der Waals surface area contributed by atoms with Crippen molar-refractivity contribution < 1.29 is 9.72 Å². The second-order valence-corrected chi connectivity index (χ2v) is 5.12. The molecule has 1 aliphatic rings. The van der Waals surface area contributed by atoms with E-state index in [2.05, 4.69) is 5.32 Å². The maximum Gasteiger partial charge on any atom is 0.269 e. The molecule has 106 valence electrons. The molecule has 0 radical (unpaired) electrons.